The van der Waals surface area contributed by atoms with Crippen LogP contribution in [0.5, 0.6) is 0 Å². The molecule has 7 nitrogen and oxygen atoms in total. The Morgan fingerprint density at radius 2 is 2.00 bits per heavy atom. The van der Waals surface area contributed by atoms with Crippen LogP contribution < -0.4 is 11.1 Å². The molecule has 0 aliphatic carbocycles. The predicted octanol–water partition coefficient (Wildman–Crippen LogP) is -1.76. The van der Waals surface area contributed by atoms with E-state index in [4.69, 9.17) is 5.73 Å². The van der Waals surface area contributed by atoms with Crippen LogP contribution in [0.1, 0.15) is 19.3 Å². The zero-order valence-corrected chi connectivity index (χ0v) is 11.5. The quantitative estimate of drug-likeness (QED) is 0.626. The van der Waals surface area contributed by atoms with Gasteiger partial charge in [0.15, 0.2) is 9.84 Å². The van der Waals surface area contributed by atoms with Gasteiger partial charge in [-0.05, 0) is 12.8 Å². The summed E-state index contributed by atoms with van der Waals surface area (Å²) in [5.74, 6) is -1.02. The number of carbonyl (C=O) groups is 2. The standard InChI is InChI=1S/C11H19N3O4S/c12-10(15)8-7-13-4-5-14(8)11(16)9-3-1-2-6-19(9,17)18/h8-9,13H,1-7H2,(H2,12,15). The molecule has 2 heterocycles. The summed E-state index contributed by atoms with van der Waals surface area (Å²) in [5.41, 5.74) is 5.27. The van der Waals surface area contributed by atoms with Crippen molar-refractivity contribution in [3.05, 3.63) is 0 Å². The average Bonchev–Trinajstić information content (AvgIpc) is 2.37. The average molecular weight is 289 g/mol. The number of nitrogens with zero attached hydrogens (tertiary/aromatic N) is 1. The maximum Gasteiger partial charge on any atom is 0.241 e. The molecular formula is C11H19N3O4S. The first-order valence-electron chi connectivity index (χ1n) is 6.45. The van der Waals surface area contributed by atoms with Gasteiger partial charge in [0.1, 0.15) is 11.3 Å². The molecule has 108 valence electrons. The molecule has 2 aliphatic rings. The zero-order chi connectivity index (χ0) is 14.0. The van der Waals surface area contributed by atoms with E-state index < -0.39 is 32.9 Å². The fourth-order valence-corrected chi connectivity index (χ4v) is 4.50. The third-order valence-corrected chi connectivity index (χ3v) is 5.87. The van der Waals surface area contributed by atoms with Crippen molar-refractivity contribution in [3.63, 3.8) is 0 Å². The van der Waals surface area contributed by atoms with Crippen LogP contribution in [-0.4, -0.2) is 61.8 Å². The Morgan fingerprint density at radius 1 is 1.26 bits per heavy atom. The highest BCUT2D eigenvalue weighted by molar-refractivity contribution is 7.92. The summed E-state index contributed by atoms with van der Waals surface area (Å²) in [5, 5.41) is 1.98. The van der Waals surface area contributed by atoms with Gasteiger partial charge in [-0.25, -0.2) is 8.42 Å². The van der Waals surface area contributed by atoms with Crippen molar-refractivity contribution in [2.75, 3.05) is 25.4 Å². The molecular weight excluding hydrogens is 270 g/mol. The van der Waals surface area contributed by atoms with E-state index in [-0.39, 0.29) is 12.3 Å². The zero-order valence-electron chi connectivity index (χ0n) is 10.7. The summed E-state index contributed by atoms with van der Waals surface area (Å²) < 4.78 is 23.9. The van der Waals surface area contributed by atoms with Crippen LogP contribution in [0.4, 0.5) is 0 Å². The highest BCUT2D eigenvalue weighted by Gasteiger charge is 2.41. The summed E-state index contributed by atoms with van der Waals surface area (Å²) in [6.45, 7) is 1.15. The molecule has 0 aromatic carbocycles. The smallest absolute Gasteiger partial charge is 0.241 e. The summed E-state index contributed by atoms with van der Waals surface area (Å²) in [7, 11) is -3.38. The van der Waals surface area contributed by atoms with Crippen molar-refractivity contribution in [2.45, 2.75) is 30.6 Å². The summed E-state index contributed by atoms with van der Waals surface area (Å²) >= 11 is 0. The van der Waals surface area contributed by atoms with Crippen molar-refractivity contribution in [2.24, 2.45) is 5.73 Å². The van der Waals surface area contributed by atoms with Crippen LogP contribution in [-0.2, 0) is 19.4 Å². The van der Waals surface area contributed by atoms with Crippen molar-refractivity contribution < 1.29 is 18.0 Å². The maximum atomic E-state index is 12.4. The van der Waals surface area contributed by atoms with Crippen molar-refractivity contribution in [1.82, 2.24) is 10.2 Å². The van der Waals surface area contributed by atoms with Crippen LogP contribution in [0, 0.1) is 0 Å². The minimum absolute atomic E-state index is 0.0523. The van der Waals surface area contributed by atoms with Gasteiger partial charge in [-0.1, -0.05) is 6.42 Å². The van der Waals surface area contributed by atoms with E-state index in [9.17, 15) is 18.0 Å². The first-order chi connectivity index (χ1) is 8.93. The minimum atomic E-state index is -3.38. The van der Waals surface area contributed by atoms with Gasteiger partial charge in [-0.3, -0.25) is 9.59 Å². The van der Waals surface area contributed by atoms with Gasteiger partial charge >= 0.3 is 0 Å². The van der Waals surface area contributed by atoms with Gasteiger partial charge < -0.3 is 16.0 Å². The minimum Gasteiger partial charge on any atom is -0.368 e. The molecule has 0 radical (unpaired) electrons. The van der Waals surface area contributed by atoms with Crippen LogP contribution in [0.3, 0.4) is 0 Å². The van der Waals surface area contributed by atoms with Gasteiger partial charge in [0.25, 0.3) is 0 Å². The molecule has 2 saturated heterocycles. The Morgan fingerprint density at radius 3 is 2.63 bits per heavy atom. The molecule has 2 rings (SSSR count). The number of piperazine rings is 1. The van der Waals surface area contributed by atoms with Gasteiger partial charge in [0.05, 0.1) is 5.75 Å². The lowest BCUT2D eigenvalue weighted by molar-refractivity contribution is -0.140. The Bertz CT molecular complexity index is 476. The highest BCUT2D eigenvalue weighted by atomic mass is 32.2. The molecule has 8 heteroatoms. The van der Waals surface area contributed by atoms with E-state index in [1.54, 1.807) is 0 Å². The van der Waals surface area contributed by atoms with Gasteiger partial charge in [0, 0.05) is 19.6 Å². The Kier molecular flexibility index (Phi) is 4.10. The molecule has 2 aliphatic heterocycles. The normalized spacial score (nSPS) is 30.8. The third-order valence-electron chi connectivity index (χ3n) is 3.71. The second kappa shape index (κ2) is 5.46. The molecule has 2 unspecified atom stereocenters. The number of hydrogen-bond donors (Lipinski definition) is 2. The topological polar surface area (TPSA) is 110 Å². The Balaban J connectivity index is 2.19. The molecule has 2 fully saturated rings. The fourth-order valence-electron chi connectivity index (χ4n) is 2.64. The molecule has 0 bridgehead atoms. The van der Waals surface area contributed by atoms with Gasteiger partial charge in [0.2, 0.25) is 11.8 Å². The van der Waals surface area contributed by atoms with Gasteiger partial charge in [-0.15, -0.1) is 0 Å². The van der Waals surface area contributed by atoms with Crippen LogP contribution >= 0.6 is 0 Å². The molecule has 0 aromatic heterocycles. The number of sulfone groups is 1. The number of hydrogen-bond acceptors (Lipinski definition) is 5. The summed E-state index contributed by atoms with van der Waals surface area (Å²) in [6.07, 6.45) is 1.67. The molecule has 0 saturated carbocycles. The number of rotatable bonds is 2. The maximum absolute atomic E-state index is 12.4. The van der Waals surface area contributed by atoms with Crippen molar-refractivity contribution >= 4 is 21.7 Å². The van der Waals surface area contributed by atoms with Crippen molar-refractivity contribution in [3.8, 4) is 0 Å². The predicted molar refractivity (Wildman–Crippen MR) is 69.0 cm³/mol. The number of amides is 2. The van der Waals surface area contributed by atoms with Crippen LogP contribution in [0.25, 0.3) is 0 Å². The number of nitrogens with one attached hydrogen (secondary N) is 1. The molecule has 0 aromatic rings. The lowest BCUT2D eigenvalue weighted by Gasteiger charge is -2.37. The second-order valence-corrected chi connectivity index (χ2v) is 7.31. The third kappa shape index (κ3) is 2.89. The van der Waals surface area contributed by atoms with E-state index in [1.165, 1.54) is 4.90 Å². The summed E-state index contributed by atoms with van der Waals surface area (Å²) in [4.78, 5) is 25.1. The lowest BCUT2D eigenvalue weighted by atomic mass is 10.1. The lowest BCUT2D eigenvalue weighted by Crippen LogP contribution is -2.61. The van der Waals surface area contributed by atoms with E-state index in [1.807, 2.05) is 0 Å². The number of primary amides is 1. The molecule has 2 amide bonds. The van der Waals surface area contributed by atoms with E-state index in [0.29, 0.717) is 25.9 Å². The molecule has 2 atom stereocenters. The van der Waals surface area contributed by atoms with E-state index in [0.717, 1.165) is 6.42 Å². The van der Waals surface area contributed by atoms with Crippen LogP contribution in [0.2, 0.25) is 0 Å². The monoisotopic (exact) mass is 289 g/mol. The molecule has 19 heavy (non-hydrogen) atoms. The number of carbonyl (C=O) groups excluding carboxylic acids is 2. The van der Waals surface area contributed by atoms with E-state index in [2.05, 4.69) is 5.32 Å². The van der Waals surface area contributed by atoms with E-state index >= 15 is 0 Å². The first-order valence-corrected chi connectivity index (χ1v) is 8.17. The Hall–Kier alpha value is -1.15. The SMILES string of the molecule is NC(=O)C1CNCCN1C(=O)C1CCCCS1(=O)=O. The van der Waals surface area contributed by atoms with Crippen LogP contribution in [0.15, 0.2) is 0 Å². The molecule has 0 spiro atoms. The Labute approximate surface area is 112 Å². The highest BCUT2D eigenvalue weighted by Crippen LogP contribution is 2.22. The molecule has 3 N–H and O–H groups in total. The van der Waals surface area contributed by atoms with Gasteiger partial charge in [-0.2, -0.15) is 0 Å². The van der Waals surface area contributed by atoms with Crippen molar-refractivity contribution in [1.29, 1.82) is 0 Å². The summed E-state index contributed by atoms with van der Waals surface area (Å²) in [6, 6.07) is -0.752. The largest absolute Gasteiger partial charge is 0.368 e. The fraction of sp³-hybridized carbons (Fsp3) is 0.818. The first kappa shape index (κ1) is 14.3. The number of nitrogens with two attached hydrogens (primary N) is 1. The second-order valence-electron chi connectivity index (χ2n) is 5.01.